The highest BCUT2D eigenvalue weighted by molar-refractivity contribution is 5.80. The molecule has 3 N–H and O–H groups in total. The summed E-state index contributed by atoms with van der Waals surface area (Å²) in [6.45, 7) is 5.41. The Bertz CT molecular complexity index is 924. The molecular formula is C29H44N4O5. The second kappa shape index (κ2) is 14.3. The van der Waals surface area contributed by atoms with Crippen molar-refractivity contribution >= 4 is 24.1 Å². The Labute approximate surface area is 226 Å². The van der Waals surface area contributed by atoms with E-state index in [-0.39, 0.29) is 30.3 Å². The predicted molar refractivity (Wildman–Crippen MR) is 144 cm³/mol. The van der Waals surface area contributed by atoms with Crippen LogP contribution in [0.2, 0.25) is 0 Å². The van der Waals surface area contributed by atoms with Crippen molar-refractivity contribution in [3.63, 3.8) is 0 Å². The first kappa shape index (κ1) is 29.6. The average molecular weight is 529 g/mol. The minimum Gasteiger partial charge on any atom is -0.355 e. The summed E-state index contributed by atoms with van der Waals surface area (Å²) in [6, 6.07) is 9.71. The van der Waals surface area contributed by atoms with Crippen LogP contribution in [0, 0.1) is 17.3 Å². The fourth-order valence-corrected chi connectivity index (χ4v) is 5.57. The van der Waals surface area contributed by atoms with Crippen molar-refractivity contribution in [2.75, 3.05) is 26.2 Å². The quantitative estimate of drug-likeness (QED) is 0.207. The van der Waals surface area contributed by atoms with Gasteiger partial charge in [-0.1, -0.05) is 69.9 Å². The normalized spacial score (nSPS) is 17.6. The number of hydroxylamine groups is 2. The first-order chi connectivity index (χ1) is 18.1. The Morgan fingerprint density at radius 2 is 1.76 bits per heavy atom. The van der Waals surface area contributed by atoms with Crippen LogP contribution in [0.3, 0.4) is 0 Å². The summed E-state index contributed by atoms with van der Waals surface area (Å²) >= 11 is 0. The summed E-state index contributed by atoms with van der Waals surface area (Å²) in [5, 5.41) is 16.3. The summed E-state index contributed by atoms with van der Waals surface area (Å²) in [4.78, 5) is 51.1. The molecule has 3 rings (SSSR count). The standard InChI is InChI=1S/C29H44N4O5/c1-29(2,20-30-28(37)24(19-33(38)21-34)16-22-10-6-7-11-22)18-27(36)32-14-12-25(13-15-32)31-26(35)17-23-8-4-3-5-9-23/h3-5,8-9,21-22,24-25,38H,6-7,10-20H2,1-2H3,(H,30,37)(H,31,35)/t24-/m1/s1. The molecular weight excluding hydrogens is 484 g/mol. The van der Waals surface area contributed by atoms with Gasteiger partial charge in [0.15, 0.2) is 0 Å². The maximum Gasteiger partial charge on any atom is 0.233 e. The molecule has 9 heteroatoms. The van der Waals surface area contributed by atoms with Gasteiger partial charge >= 0.3 is 0 Å². The highest BCUT2D eigenvalue weighted by Crippen LogP contribution is 2.31. The monoisotopic (exact) mass is 528 g/mol. The maximum atomic E-state index is 13.0. The minimum atomic E-state index is -0.476. The Balaban J connectivity index is 1.41. The summed E-state index contributed by atoms with van der Waals surface area (Å²) in [5.41, 5.74) is 0.531. The molecule has 0 spiro atoms. The van der Waals surface area contributed by atoms with Gasteiger partial charge in [-0.25, -0.2) is 5.06 Å². The first-order valence-corrected chi connectivity index (χ1v) is 13.9. The van der Waals surface area contributed by atoms with Crippen LogP contribution in [0.25, 0.3) is 0 Å². The van der Waals surface area contributed by atoms with Gasteiger partial charge in [0.25, 0.3) is 0 Å². The molecule has 9 nitrogen and oxygen atoms in total. The lowest BCUT2D eigenvalue weighted by atomic mass is 9.87. The van der Waals surface area contributed by atoms with Gasteiger partial charge in [-0.15, -0.1) is 0 Å². The Morgan fingerprint density at radius 3 is 2.39 bits per heavy atom. The molecule has 0 unspecified atom stereocenters. The average Bonchev–Trinajstić information content (AvgIpc) is 3.40. The fraction of sp³-hybridized carbons (Fsp3) is 0.655. The first-order valence-electron chi connectivity index (χ1n) is 13.9. The number of carbonyl (C=O) groups excluding carboxylic acids is 4. The van der Waals surface area contributed by atoms with Crippen molar-refractivity contribution in [3.05, 3.63) is 35.9 Å². The van der Waals surface area contributed by atoms with Gasteiger partial charge in [0.2, 0.25) is 24.1 Å². The molecule has 1 atom stereocenters. The van der Waals surface area contributed by atoms with Crippen LogP contribution >= 0.6 is 0 Å². The van der Waals surface area contributed by atoms with E-state index in [9.17, 15) is 24.4 Å². The van der Waals surface area contributed by atoms with Crippen LogP contribution in [0.5, 0.6) is 0 Å². The molecule has 1 aliphatic carbocycles. The highest BCUT2D eigenvalue weighted by Gasteiger charge is 2.31. The van der Waals surface area contributed by atoms with E-state index in [1.54, 1.807) is 0 Å². The van der Waals surface area contributed by atoms with Crippen LogP contribution < -0.4 is 10.6 Å². The summed E-state index contributed by atoms with van der Waals surface area (Å²) < 4.78 is 0. The van der Waals surface area contributed by atoms with Gasteiger partial charge in [0.05, 0.1) is 18.9 Å². The van der Waals surface area contributed by atoms with E-state index in [1.807, 2.05) is 49.1 Å². The molecule has 1 heterocycles. The van der Waals surface area contributed by atoms with Gasteiger partial charge < -0.3 is 15.5 Å². The lowest BCUT2D eigenvalue weighted by molar-refractivity contribution is -0.155. The van der Waals surface area contributed by atoms with E-state index in [1.165, 1.54) is 0 Å². The van der Waals surface area contributed by atoms with Crippen molar-refractivity contribution in [2.45, 2.75) is 77.7 Å². The number of hydrogen-bond donors (Lipinski definition) is 3. The lowest BCUT2D eigenvalue weighted by Gasteiger charge is -2.35. The van der Waals surface area contributed by atoms with E-state index >= 15 is 0 Å². The van der Waals surface area contributed by atoms with E-state index in [4.69, 9.17) is 0 Å². The number of nitrogens with zero attached hydrogens (tertiary/aromatic N) is 2. The molecule has 0 bridgehead atoms. The topological polar surface area (TPSA) is 119 Å². The third-order valence-corrected chi connectivity index (χ3v) is 7.78. The second-order valence-corrected chi connectivity index (χ2v) is 11.8. The summed E-state index contributed by atoms with van der Waals surface area (Å²) in [7, 11) is 0. The SMILES string of the molecule is CC(C)(CNC(=O)[C@H](CC1CCCC1)CN(O)C=O)CC(=O)N1CCC(NC(=O)Cc2ccccc2)CC1. The van der Waals surface area contributed by atoms with Gasteiger partial charge in [-0.3, -0.25) is 24.4 Å². The number of piperidine rings is 1. The van der Waals surface area contributed by atoms with E-state index in [0.717, 1.165) is 44.1 Å². The van der Waals surface area contributed by atoms with Crippen molar-refractivity contribution in [2.24, 2.45) is 17.3 Å². The smallest absolute Gasteiger partial charge is 0.233 e. The molecule has 4 amide bonds. The number of likely N-dealkylation sites (tertiary alicyclic amines) is 1. The van der Waals surface area contributed by atoms with E-state index in [2.05, 4.69) is 10.6 Å². The predicted octanol–water partition coefficient (Wildman–Crippen LogP) is 2.91. The number of amides is 4. The van der Waals surface area contributed by atoms with E-state index in [0.29, 0.717) is 56.3 Å². The lowest BCUT2D eigenvalue weighted by Crippen LogP contribution is -2.48. The molecule has 210 valence electrons. The van der Waals surface area contributed by atoms with Gasteiger partial charge in [-0.05, 0) is 36.2 Å². The van der Waals surface area contributed by atoms with Crippen molar-refractivity contribution in [1.82, 2.24) is 20.6 Å². The molecule has 0 radical (unpaired) electrons. The molecule has 1 saturated carbocycles. The largest absolute Gasteiger partial charge is 0.355 e. The number of nitrogens with one attached hydrogen (secondary N) is 2. The maximum absolute atomic E-state index is 13.0. The zero-order chi connectivity index (χ0) is 27.5. The third-order valence-electron chi connectivity index (χ3n) is 7.78. The Hall–Kier alpha value is -2.94. The molecule has 1 aliphatic heterocycles. The van der Waals surface area contributed by atoms with Crippen LogP contribution in [-0.4, -0.2) is 71.5 Å². The van der Waals surface area contributed by atoms with Gasteiger partial charge in [0, 0.05) is 32.1 Å². The molecule has 1 aromatic rings. The van der Waals surface area contributed by atoms with Crippen molar-refractivity contribution < 1.29 is 24.4 Å². The zero-order valence-corrected chi connectivity index (χ0v) is 22.9. The molecule has 2 aliphatic rings. The summed E-state index contributed by atoms with van der Waals surface area (Å²) in [5.74, 6) is -0.183. The van der Waals surface area contributed by atoms with E-state index < -0.39 is 11.3 Å². The van der Waals surface area contributed by atoms with Crippen LogP contribution in [0.15, 0.2) is 30.3 Å². The van der Waals surface area contributed by atoms with Gasteiger partial charge in [0.1, 0.15) is 0 Å². The third kappa shape index (κ3) is 9.74. The Kier molecular flexibility index (Phi) is 11.1. The molecule has 1 aromatic carbocycles. The minimum absolute atomic E-state index is 0.00143. The summed E-state index contributed by atoms with van der Waals surface area (Å²) in [6.07, 6.45) is 7.53. The van der Waals surface area contributed by atoms with Crippen LogP contribution in [-0.2, 0) is 25.6 Å². The van der Waals surface area contributed by atoms with Gasteiger partial charge in [-0.2, -0.15) is 0 Å². The van der Waals surface area contributed by atoms with Crippen LogP contribution in [0.4, 0.5) is 0 Å². The molecule has 2 fully saturated rings. The number of hydrogen-bond acceptors (Lipinski definition) is 5. The molecule has 1 saturated heterocycles. The van der Waals surface area contributed by atoms with Crippen LogP contribution in [0.1, 0.15) is 70.8 Å². The Morgan fingerprint density at radius 1 is 1.11 bits per heavy atom. The van der Waals surface area contributed by atoms with Crippen molar-refractivity contribution in [1.29, 1.82) is 0 Å². The molecule has 38 heavy (non-hydrogen) atoms. The molecule has 0 aromatic heterocycles. The highest BCUT2D eigenvalue weighted by atomic mass is 16.5. The second-order valence-electron chi connectivity index (χ2n) is 11.8. The number of carbonyl (C=O) groups is 4. The number of rotatable bonds is 13. The zero-order valence-electron chi connectivity index (χ0n) is 22.9. The fourth-order valence-electron chi connectivity index (χ4n) is 5.57. The van der Waals surface area contributed by atoms with Crippen molar-refractivity contribution in [3.8, 4) is 0 Å². The number of benzene rings is 1.